The zero-order valence-electron chi connectivity index (χ0n) is 12.4. The predicted octanol–water partition coefficient (Wildman–Crippen LogP) is 5.00. The molecule has 0 aromatic heterocycles. The third kappa shape index (κ3) is 3.10. The van der Waals surface area contributed by atoms with Gasteiger partial charge < -0.3 is 0 Å². The summed E-state index contributed by atoms with van der Waals surface area (Å²) in [6, 6.07) is 9.89. The molecule has 2 aromatic rings. The third-order valence-electron chi connectivity index (χ3n) is 3.82. The van der Waals surface area contributed by atoms with Gasteiger partial charge >= 0.3 is 0 Å². The van der Waals surface area contributed by atoms with Gasteiger partial charge in [-0.25, -0.2) is 0 Å². The van der Waals surface area contributed by atoms with Gasteiger partial charge in [0.1, 0.15) is 0 Å². The van der Waals surface area contributed by atoms with Crippen LogP contribution < -0.4 is 0 Å². The lowest BCUT2D eigenvalue weighted by molar-refractivity contribution is 0.0993. The predicted molar refractivity (Wildman–Crippen MR) is 84.9 cm³/mol. The number of benzene rings is 2. The van der Waals surface area contributed by atoms with E-state index in [4.69, 9.17) is 11.6 Å². The van der Waals surface area contributed by atoms with Gasteiger partial charge in [-0.3, -0.25) is 4.79 Å². The third-order valence-corrected chi connectivity index (χ3v) is 4.13. The first kappa shape index (κ1) is 14.8. The Labute approximate surface area is 125 Å². The van der Waals surface area contributed by atoms with Crippen LogP contribution in [0.2, 0.25) is 5.02 Å². The standard InChI is InChI=1S/C18H19ClO/c1-11-5-6-15(7-12(11)2)10-18(20)16-8-13(3)14(4)9-17(16)19/h5-9H,10H2,1-4H3. The first-order valence-electron chi connectivity index (χ1n) is 6.74. The lowest BCUT2D eigenvalue weighted by atomic mass is 9.97. The number of Topliss-reactive ketones (excluding diaryl/α,β-unsaturated/α-hetero) is 1. The summed E-state index contributed by atoms with van der Waals surface area (Å²) in [5, 5.41) is 0.543. The maximum absolute atomic E-state index is 12.4. The number of carbonyl (C=O) groups excluding carboxylic acids is 1. The number of hydrogen-bond donors (Lipinski definition) is 0. The summed E-state index contributed by atoms with van der Waals surface area (Å²) in [6.45, 7) is 8.13. The SMILES string of the molecule is Cc1ccc(CC(=O)c2cc(C)c(C)cc2Cl)cc1C. The molecular weight excluding hydrogens is 268 g/mol. The van der Waals surface area contributed by atoms with Crippen LogP contribution in [0.4, 0.5) is 0 Å². The van der Waals surface area contributed by atoms with Gasteiger partial charge in [0.05, 0.1) is 5.02 Å². The van der Waals surface area contributed by atoms with Gasteiger partial charge in [-0.1, -0.05) is 29.8 Å². The van der Waals surface area contributed by atoms with Crippen LogP contribution in [-0.2, 0) is 6.42 Å². The van der Waals surface area contributed by atoms with E-state index in [0.29, 0.717) is 17.0 Å². The lowest BCUT2D eigenvalue weighted by Crippen LogP contribution is -2.06. The Kier molecular flexibility index (Phi) is 4.29. The van der Waals surface area contributed by atoms with E-state index < -0.39 is 0 Å². The minimum Gasteiger partial charge on any atom is -0.294 e. The first-order chi connectivity index (χ1) is 9.38. The largest absolute Gasteiger partial charge is 0.294 e. The molecule has 0 amide bonds. The van der Waals surface area contributed by atoms with Crippen LogP contribution in [0.5, 0.6) is 0 Å². The quantitative estimate of drug-likeness (QED) is 0.726. The molecule has 0 aliphatic heterocycles. The molecule has 0 heterocycles. The first-order valence-corrected chi connectivity index (χ1v) is 7.12. The van der Waals surface area contributed by atoms with Crippen molar-refractivity contribution in [1.29, 1.82) is 0 Å². The van der Waals surface area contributed by atoms with Crippen molar-refractivity contribution in [1.82, 2.24) is 0 Å². The van der Waals surface area contributed by atoms with Crippen molar-refractivity contribution in [2.45, 2.75) is 34.1 Å². The zero-order chi connectivity index (χ0) is 14.9. The average Bonchev–Trinajstić information content (AvgIpc) is 2.38. The van der Waals surface area contributed by atoms with Crippen LogP contribution >= 0.6 is 11.6 Å². The van der Waals surface area contributed by atoms with Crippen molar-refractivity contribution in [3.8, 4) is 0 Å². The monoisotopic (exact) mass is 286 g/mol. The van der Waals surface area contributed by atoms with Crippen LogP contribution in [0.25, 0.3) is 0 Å². The molecule has 2 rings (SSSR count). The molecule has 1 nitrogen and oxygen atoms in total. The fraction of sp³-hybridized carbons (Fsp3) is 0.278. The highest BCUT2D eigenvalue weighted by atomic mass is 35.5. The highest BCUT2D eigenvalue weighted by Gasteiger charge is 2.13. The summed E-state index contributed by atoms with van der Waals surface area (Å²) < 4.78 is 0. The fourth-order valence-electron chi connectivity index (χ4n) is 2.19. The van der Waals surface area contributed by atoms with Crippen molar-refractivity contribution in [3.05, 3.63) is 68.7 Å². The van der Waals surface area contributed by atoms with Crippen molar-refractivity contribution in [2.75, 3.05) is 0 Å². The number of hydrogen-bond acceptors (Lipinski definition) is 1. The highest BCUT2D eigenvalue weighted by Crippen LogP contribution is 2.23. The van der Waals surface area contributed by atoms with E-state index in [9.17, 15) is 4.79 Å². The molecule has 0 unspecified atom stereocenters. The molecule has 0 saturated heterocycles. The summed E-state index contributed by atoms with van der Waals surface area (Å²) in [5.74, 6) is 0.0707. The van der Waals surface area contributed by atoms with Crippen LogP contribution in [0.3, 0.4) is 0 Å². The van der Waals surface area contributed by atoms with Gasteiger partial charge in [-0.2, -0.15) is 0 Å². The summed E-state index contributed by atoms with van der Waals surface area (Å²) in [7, 11) is 0. The molecule has 0 bridgehead atoms. The lowest BCUT2D eigenvalue weighted by Gasteiger charge is -2.09. The van der Waals surface area contributed by atoms with E-state index in [-0.39, 0.29) is 5.78 Å². The fourth-order valence-corrected chi connectivity index (χ4v) is 2.51. The van der Waals surface area contributed by atoms with E-state index >= 15 is 0 Å². The van der Waals surface area contributed by atoms with Crippen LogP contribution in [0.15, 0.2) is 30.3 Å². The molecule has 2 heteroatoms. The second-order valence-electron chi connectivity index (χ2n) is 5.43. The van der Waals surface area contributed by atoms with Gasteiger partial charge in [0.15, 0.2) is 5.78 Å². The maximum Gasteiger partial charge on any atom is 0.168 e. The van der Waals surface area contributed by atoms with E-state index in [1.54, 1.807) is 0 Å². The van der Waals surface area contributed by atoms with E-state index in [2.05, 4.69) is 26.0 Å². The van der Waals surface area contributed by atoms with Gasteiger partial charge in [0.2, 0.25) is 0 Å². The summed E-state index contributed by atoms with van der Waals surface area (Å²) >= 11 is 6.20. The molecule has 0 radical (unpaired) electrons. The smallest absolute Gasteiger partial charge is 0.168 e. The highest BCUT2D eigenvalue weighted by molar-refractivity contribution is 6.34. The van der Waals surface area contributed by atoms with E-state index in [0.717, 1.165) is 16.7 Å². The molecule has 0 aliphatic carbocycles. The Morgan fingerprint density at radius 3 is 2.15 bits per heavy atom. The van der Waals surface area contributed by atoms with Crippen LogP contribution in [-0.4, -0.2) is 5.78 Å². The normalized spacial score (nSPS) is 10.7. The second kappa shape index (κ2) is 5.80. The minimum absolute atomic E-state index is 0.0707. The number of ketones is 1. The summed E-state index contributed by atoms with van der Waals surface area (Å²) in [5.41, 5.74) is 6.31. The van der Waals surface area contributed by atoms with Crippen molar-refractivity contribution in [3.63, 3.8) is 0 Å². The number of halogens is 1. The Morgan fingerprint density at radius 1 is 0.900 bits per heavy atom. The molecule has 20 heavy (non-hydrogen) atoms. The zero-order valence-corrected chi connectivity index (χ0v) is 13.1. The molecule has 0 spiro atoms. The van der Waals surface area contributed by atoms with Crippen molar-refractivity contribution < 1.29 is 4.79 Å². The Hall–Kier alpha value is -1.60. The topological polar surface area (TPSA) is 17.1 Å². The summed E-state index contributed by atoms with van der Waals surface area (Å²) in [6.07, 6.45) is 0.392. The molecule has 0 aliphatic rings. The molecular formula is C18H19ClO. The molecule has 0 N–H and O–H groups in total. The van der Waals surface area contributed by atoms with Gasteiger partial charge in [-0.15, -0.1) is 0 Å². The van der Waals surface area contributed by atoms with Gasteiger partial charge in [0.25, 0.3) is 0 Å². The number of aryl methyl sites for hydroxylation is 4. The van der Waals surface area contributed by atoms with Crippen molar-refractivity contribution in [2.24, 2.45) is 0 Å². The second-order valence-corrected chi connectivity index (χ2v) is 5.84. The minimum atomic E-state index is 0.0707. The van der Waals surface area contributed by atoms with Crippen molar-refractivity contribution >= 4 is 17.4 Å². The van der Waals surface area contributed by atoms with Gasteiger partial charge in [-0.05, 0) is 67.6 Å². The molecule has 0 fully saturated rings. The average molecular weight is 287 g/mol. The van der Waals surface area contributed by atoms with Crippen LogP contribution in [0.1, 0.15) is 38.2 Å². The van der Waals surface area contributed by atoms with E-state index in [1.807, 2.05) is 32.0 Å². The molecule has 2 aromatic carbocycles. The number of rotatable bonds is 3. The molecule has 0 saturated carbocycles. The Bertz CT molecular complexity index is 671. The summed E-state index contributed by atoms with van der Waals surface area (Å²) in [4.78, 5) is 12.4. The van der Waals surface area contributed by atoms with Gasteiger partial charge in [0, 0.05) is 12.0 Å². The Morgan fingerprint density at radius 2 is 1.50 bits per heavy atom. The number of carbonyl (C=O) groups is 1. The van der Waals surface area contributed by atoms with Crippen LogP contribution in [0, 0.1) is 27.7 Å². The Balaban J connectivity index is 2.28. The molecule has 0 atom stereocenters. The van der Waals surface area contributed by atoms with E-state index in [1.165, 1.54) is 11.1 Å². The maximum atomic E-state index is 12.4. The molecule has 104 valence electrons.